The Balaban J connectivity index is 1.69. The number of nitrogens with zero attached hydrogens (tertiary/aromatic N) is 1. The first-order valence-electron chi connectivity index (χ1n) is 8.54. The largest absolute Gasteiger partial charge is 0.344 e. The molecule has 1 unspecified atom stereocenters. The molecule has 0 saturated heterocycles. The van der Waals surface area contributed by atoms with E-state index in [1.54, 1.807) is 11.8 Å². The van der Waals surface area contributed by atoms with Crippen LogP contribution in [0.25, 0.3) is 0 Å². The molecule has 1 heterocycles. The van der Waals surface area contributed by atoms with E-state index in [2.05, 4.69) is 33.4 Å². The fraction of sp³-hybridized carbons (Fsp3) is 0.300. The molecule has 1 N–H and O–H groups in total. The summed E-state index contributed by atoms with van der Waals surface area (Å²) < 4.78 is 0.998. The van der Waals surface area contributed by atoms with Crippen molar-refractivity contribution in [3.8, 4) is 0 Å². The molecule has 136 valence electrons. The fourth-order valence-corrected chi connectivity index (χ4v) is 4.58. The number of thioether (sulfide) groups is 1. The maximum atomic E-state index is 13.0. The molecule has 2 aromatic carbocycles. The highest BCUT2D eigenvalue weighted by Crippen LogP contribution is 2.24. The molecule has 3 rings (SSSR count). The van der Waals surface area contributed by atoms with Crippen molar-refractivity contribution < 1.29 is 9.59 Å². The molecule has 0 fully saturated rings. The van der Waals surface area contributed by atoms with Gasteiger partial charge in [-0.25, -0.2) is 0 Å². The van der Waals surface area contributed by atoms with E-state index < -0.39 is 6.04 Å². The average Bonchev–Trinajstić information content (AvgIpc) is 2.64. The fourth-order valence-electron chi connectivity index (χ4n) is 3.06. The molecule has 1 aliphatic rings. The highest BCUT2D eigenvalue weighted by Gasteiger charge is 2.28. The maximum Gasteiger partial charge on any atom is 0.246 e. The molecule has 0 aliphatic carbocycles. The molecule has 4 nitrogen and oxygen atoms in total. The molecule has 6 heteroatoms. The van der Waals surface area contributed by atoms with Gasteiger partial charge in [-0.15, -0.1) is 11.8 Å². The third kappa shape index (κ3) is 4.89. The number of benzene rings is 2. The molecule has 2 amide bonds. The van der Waals surface area contributed by atoms with Gasteiger partial charge >= 0.3 is 0 Å². The van der Waals surface area contributed by atoms with Crippen LogP contribution in [0, 0.1) is 0 Å². The van der Waals surface area contributed by atoms with E-state index in [0.717, 1.165) is 15.8 Å². The summed E-state index contributed by atoms with van der Waals surface area (Å²) in [6, 6.07) is 15.6. The van der Waals surface area contributed by atoms with E-state index in [1.807, 2.05) is 41.3 Å². The van der Waals surface area contributed by atoms with Gasteiger partial charge in [0, 0.05) is 35.1 Å². The van der Waals surface area contributed by atoms with Gasteiger partial charge in [-0.05, 0) is 35.7 Å². The van der Waals surface area contributed by atoms with Gasteiger partial charge in [0.1, 0.15) is 6.04 Å². The summed E-state index contributed by atoms with van der Waals surface area (Å²) in [5.74, 6) is 0.306. The van der Waals surface area contributed by atoms with E-state index in [9.17, 15) is 9.59 Å². The van der Waals surface area contributed by atoms with Crippen molar-refractivity contribution in [3.63, 3.8) is 0 Å². The summed E-state index contributed by atoms with van der Waals surface area (Å²) in [5, 5.41) is 2.82. The number of amides is 2. The van der Waals surface area contributed by atoms with Gasteiger partial charge < -0.3 is 10.2 Å². The van der Waals surface area contributed by atoms with Gasteiger partial charge in [0.2, 0.25) is 11.8 Å². The minimum atomic E-state index is -0.526. The van der Waals surface area contributed by atoms with Crippen molar-refractivity contribution in [2.24, 2.45) is 0 Å². The van der Waals surface area contributed by atoms with E-state index in [-0.39, 0.29) is 11.8 Å². The zero-order valence-electron chi connectivity index (χ0n) is 14.6. The number of rotatable bonds is 5. The SMILES string of the molecule is CC(=O)NC(CSc1cccc(Br)c1)C(=O)N1CCc2ccccc2C1. The second-order valence-corrected chi connectivity index (χ2v) is 8.31. The predicted molar refractivity (Wildman–Crippen MR) is 108 cm³/mol. The van der Waals surface area contributed by atoms with Gasteiger partial charge in [-0.1, -0.05) is 46.3 Å². The van der Waals surface area contributed by atoms with Gasteiger partial charge in [-0.2, -0.15) is 0 Å². The summed E-state index contributed by atoms with van der Waals surface area (Å²) >= 11 is 5.03. The summed E-state index contributed by atoms with van der Waals surface area (Å²) in [5.41, 5.74) is 2.49. The summed E-state index contributed by atoms with van der Waals surface area (Å²) in [6.45, 7) is 2.75. The summed E-state index contributed by atoms with van der Waals surface area (Å²) in [7, 11) is 0. The van der Waals surface area contributed by atoms with Crippen LogP contribution in [0.1, 0.15) is 18.1 Å². The first-order chi connectivity index (χ1) is 12.5. The minimum absolute atomic E-state index is 0.0165. The molecule has 2 aromatic rings. The zero-order valence-corrected chi connectivity index (χ0v) is 17.0. The van der Waals surface area contributed by atoms with Gasteiger partial charge in [0.05, 0.1) is 0 Å². The number of hydrogen-bond donors (Lipinski definition) is 1. The third-order valence-electron chi connectivity index (χ3n) is 4.33. The van der Waals surface area contributed by atoms with Crippen molar-refractivity contribution in [3.05, 3.63) is 64.1 Å². The van der Waals surface area contributed by atoms with Crippen molar-refractivity contribution in [1.82, 2.24) is 10.2 Å². The van der Waals surface area contributed by atoms with Crippen LogP contribution in [0.15, 0.2) is 57.9 Å². The highest BCUT2D eigenvalue weighted by molar-refractivity contribution is 9.10. The van der Waals surface area contributed by atoms with E-state index >= 15 is 0 Å². The number of fused-ring (bicyclic) bond motifs is 1. The van der Waals surface area contributed by atoms with E-state index in [0.29, 0.717) is 18.8 Å². The van der Waals surface area contributed by atoms with Crippen LogP contribution in [-0.2, 0) is 22.6 Å². The highest BCUT2D eigenvalue weighted by atomic mass is 79.9. The lowest BCUT2D eigenvalue weighted by Crippen LogP contribution is -2.50. The molecule has 0 bridgehead atoms. The number of hydrogen-bond acceptors (Lipinski definition) is 3. The average molecular weight is 433 g/mol. The standard InChI is InChI=1S/C20H21BrN2O2S/c1-14(24)22-19(13-26-18-8-4-7-17(21)11-18)20(25)23-10-9-15-5-2-3-6-16(15)12-23/h2-8,11,19H,9-10,12-13H2,1H3,(H,22,24). The Kier molecular flexibility index (Phi) is 6.38. The van der Waals surface area contributed by atoms with E-state index in [4.69, 9.17) is 0 Å². The van der Waals surface area contributed by atoms with Crippen LogP contribution in [0.3, 0.4) is 0 Å². The Bertz CT molecular complexity index is 812. The van der Waals surface area contributed by atoms with Gasteiger partial charge in [-0.3, -0.25) is 9.59 Å². The molecule has 1 atom stereocenters. The zero-order chi connectivity index (χ0) is 18.5. The Morgan fingerprint density at radius 3 is 2.69 bits per heavy atom. The number of carbonyl (C=O) groups is 2. The lowest BCUT2D eigenvalue weighted by atomic mass is 9.99. The van der Waals surface area contributed by atoms with Crippen molar-refractivity contribution in [2.75, 3.05) is 12.3 Å². The minimum Gasteiger partial charge on any atom is -0.344 e. The smallest absolute Gasteiger partial charge is 0.246 e. The lowest BCUT2D eigenvalue weighted by molar-refractivity contribution is -0.136. The molecule has 1 aliphatic heterocycles. The maximum absolute atomic E-state index is 13.0. The van der Waals surface area contributed by atoms with Crippen LogP contribution in [-0.4, -0.2) is 35.1 Å². The van der Waals surface area contributed by atoms with Crippen molar-refractivity contribution in [2.45, 2.75) is 30.8 Å². The molecule has 0 aromatic heterocycles. The number of nitrogens with one attached hydrogen (secondary N) is 1. The van der Waals surface area contributed by atoms with Crippen LogP contribution in [0.5, 0.6) is 0 Å². The molecule has 0 radical (unpaired) electrons. The monoisotopic (exact) mass is 432 g/mol. The Labute approximate surface area is 166 Å². The van der Waals surface area contributed by atoms with Crippen LogP contribution < -0.4 is 5.32 Å². The molecule has 0 spiro atoms. The van der Waals surface area contributed by atoms with Crippen LogP contribution in [0.4, 0.5) is 0 Å². The topological polar surface area (TPSA) is 49.4 Å². The van der Waals surface area contributed by atoms with Gasteiger partial charge in [0.15, 0.2) is 0 Å². The Morgan fingerprint density at radius 2 is 1.96 bits per heavy atom. The second-order valence-electron chi connectivity index (χ2n) is 6.30. The van der Waals surface area contributed by atoms with Crippen LogP contribution in [0.2, 0.25) is 0 Å². The Hall–Kier alpha value is -1.79. The molecule has 0 saturated carbocycles. The van der Waals surface area contributed by atoms with Gasteiger partial charge in [0.25, 0.3) is 0 Å². The van der Waals surface area contributed by atoms with Crippen molar-refractivity contribution in [1.29, 1.82) is 0 Å². The second kappa shape index (κ2) is 8.73. The first-order valence-corrected chi connectivity index (χ1v) is 10.3. The molecular formula is C20H21BrN2O2S. The quantitative estimate of drug-likeness (QED) is 0.733. The number of halogens is 1. The predicted octanol–water partition coefficient (Wildman–Crippen LogP) is 3.63. The Morgan fingerprint density at radius 1 is 1.19 bits per heavy atom. The first kappa shape index (κ1) is 19.0. The summed E-state index contributed by atoms with van der Waals surface area (Å²) in [6.07, 6.45) is 0.855. The third-order valence-corrected chi connectivity index (χ3v) is 5.91. The van der Waals surface area contributed by atoms with Crippen molar-refractivity contribution >= 4 is 39.5 Å². The normalized spacial score (nSPS) is 14.5. The summed E-state index contributed by atoms with van der Waals surface area (Å²) in [4.78, 5) is 27.5. The number of carbonyl (C=O) groups excluding carboxylic acids is 2. The molecule has 26 heavy (non-hydrogen) atoms. The van der Waals surface area contributed by atoms with Crippen LogP contribution >= 0.6 is 27.7 Å². The lowest BCUT2D eigenvalue weighted by Gasteiger charge is -2.32. The van der Waals surface area contributed by atoms with E-state index in [1.165, 1.54) is 18.1 Å². The molecular weight excluding hydrogens is 412 g/mol.